The van der Waals surface area contributed by atoms with Gasteiger partial charge in [-0.25, -0.2) is 4.79 Å². The Balaban J connectivity index is 1.90. The molecule has 5 heteroatoms. The molecule has 2 aliphatic rings. The van der Waals surface area contributed by atoms with E-state index in [1.54, 1.807) is 14.2 Å². The molecule has 2 fully saturated rings. The number of carbonyl (C=O) groups is 1. The zero-order valence-corrected chi connectivity index (χ0v) is 11.6. The number of rotatable bonds is 2. The van der Waals surface area contributed by atoms with Gasteiger partial charge in [0.25, 0.3) is 0 Å². The van der Waals surface area contributed by atoms with Crippen molar-refractivity contribution in [2.24, 2.45) is 5.92 Å². The topological polar surface area (TPSA) is 42.0 Å². The summed E-state index contributed by atoms with van der Waals surface area (Å²) < 4.78 is 10.7. The first-order valence-corrected chi connectivity index (χ1v) is 6.75. The molecule has 0 aromatic carbocycles. The minimum atomic E-state index is 0.00247. The highest BCUT2D eigenvalue weighted by Gasteiger charge is 2.37. The fourth-order valence-electron chi connectivity index (χ4n) is 2.75. The Morgan fingerprint density at radius 2 is 1.50 bits per heavy atom. The molecule has 2 atom stereocenters. The summed E-state index contributed by atoms with van der Waals surface area (Å²) in [5.74, 6) is 0.742. The molecule has 0 aromatic rings. The summed E-state index contributed by atoms with van der Waals surface area (Å²) in [6.07, 6.45) is 2.23. The van der Waals surface area contributed by atoms with Gasteiger partial charge < -0.3 is 19.3 Å². The standard InChI is InChI=1S/C13H24N2O3/c1-10-4-6-14(7-5-10)13(16)15-8-11(17-2)12(9-15)18-3/h10-12H,4-9H2,1-3H3. The van der Waals surface area contributed by atoms with Crippen molar-refractivity contribution in [1.82, 2.24) is 9.80 Å². The monoisotopic (exact) mass is 256 g/mol. The van der Waals surface area contributed by atoms with Crippen molar-refractivity contribution in [2.45, 2.75) is 32.0 Å². The summed E-state index contributed by atoms with van der Waals surface area (Å²) in [7, 11) is 3.35. The first kappa shape index (κ1) is 13.6. The van der Waals surface area contributed by atoms with Crippen LogP contribution in [0.15, 0.2) is 0 Å². The summed E-state index contributed by atoms with van der Waals surface area (Å²) in [5.41, 5.74) is 0. The van der Waals surface area contributed by atoms with Gasteiger partial charge in [0.05, 0.1) is 13.1 Å². The minimum absolute atomic E-state index is 0.00247. The first-order valence-electron chi connectivity index (χ1n) is 6.75. The second kappa shape index (κ2) is 5.89. The van der Waals surface area contributed by atoms with Crippen LogP contribution in [-0.2, 0) is 9.47 Å². The lowest BCUT2D eigenvalue weighted by atomic mass is 10.00. The SMILES string of the molecule is COC1CN(C(=O)N2CCC(C)CC2)CC1OC. The largest absolute Gasteiger partial charge is 0.377 e. The molecule has 0 bridgehead atoms. The number of urea groups is 1. The third kappa shape index (κ3) is 2.78. The number of carbonyl (C=O) groups excluding carboxylic acids is 1. The van der Waals surface area contributed by atoms with Crippen molar-refractivity contribution in [2.75, 3.05) is 40.4 Å². The van der Waals surface area contributed by atoms with E-state index in [1.165, 1.54) is 0 Å². The Morgan fingerprint density at radius 3 is 1.94 bits per heavy atom. The number of piperidine rings is 1. The number of likely N-dealkylation sites (tertiary alicyclic amines) is 2. The van der Waals surface area contributed by atoms with Crippen LogP contribution in [0.5, 0.6) is 0 Å². The van der Waals surface area contributed by atoms with Gasteiger partial charge in [0.2, 0.25) is 0 Å². The Labute approximate surface area is 109 Å². The summed E-state index contributed by atoms with van der Waals surface area (Å²) in [6, 6.07) is 0.142. The average molecular weight is 256 g/mol. The molecule has 18 heavy (non-hydrogen) atoms. The molecule has 0 N–H and O–H groups in total. The number of amides is 2. The number of hydrogen-bond acceptors (Lipinski definition) is 3. The van der Waals surface area contributed by atoms with Gasteiger partial charge in [-0.2, -0.15) is 0 Å². The van der Waals surface area contributed by atoms with Gasteiger partial charge in [-0.15, -0.1) is 0 Å². The highest BCUT2D eigenvalue weighted by molar-refractivity contribution is 5.75. The van der Waals surface area contributed by atoms with Crippen molar-refractivity contribution < 1.29 is 14.3 Å². The maximum Gasteiger partial charge on any atom is 0.320 e. The molecule has 2 unspecified atom stereocenters. The molecule has 0 saturated carbocycles. The lowest BCUT2D eigenvalue weighted by Gasteiger charge is -2.33. The number of ether oxygens (including phenoxy) is 2. The van der Waals surface area contributed by atoms with Gasteiger partial charge in [-0.1, -0.05) is 6.92 Å². The summed E-state index contributed by atoms with van der Waals surface area (Å²) in [4.78, 5) is 16.2. The van der Waals surface area contributed by atoms with Crippen LogP contribution in [0, 0.1) is 5.92 Å². The van der Waals surface area contributed by atoms with E-state index in [1.807, 2.05) is 9.80 Å². The normalized spacial score (nSPS) is 29.9. The van der Waals surface area contributed by atoms with E-state index in [0.29, 0.717) is 13.1 Å². The van der Waals surface area contributed by atoms with Crippen molar-refractivity contribution in [3.8, 4) is 0 Å². The van der Waals surface area contributed by atoms with Crippen molar-refractivity contribution in [1.29, 1.82) is 0 Å². The molecule has 5 nitrogen and oxygen atoms in total. The quantitative estimate of drug-likeness (QED) is 0.745. The Bertz CT molecular complexity index is 278. The van der Waals surface area contributed by atoms with E-state index in [9.17, 15) is 4.79 Å². The van der Waals surface area contributed by atoms with E-state index in [-0.39, 0.29) is 18.2 Å². The Hall–Kier alpha value is -0.810. The number of nitrogens with zero attached hydrogens (tertiary/aromatic N) is 2. The summed E-state index contributed by atoms with van der Waals surface area (Å²) in [6.45, 7) is 5.29. The van der Waals surface area contributed by atoms with Crippen LogP contribution in [0.1, 0.15) is 19.8 Å². The zero-order chi connectivity index (χ0) is 13.1. The third-order valence-electron chi connectivity index (χ3n) is 4.15. The fraction of sp³-hybridized carbons (Fsp3) is 0.923. The molecule has 2 saturated heterocycles. The smallest absolute Gasteiger partial charge is 0.320 e. The maximum atomic E-state index is 12.4. The van der Waals surface area contributed by atoms with Crippen LogP contribution in [0.4, 0.5) is 4.79 Å². The van der Waals surface area contributed by atoms with Gasteiger partial charge in [0.15, 0.2) is 0 Å². The van der Waals surface area contributed by atoms with Crippen LogP contribution >= 0.6 is 0 Å². The fourth-order valence-corrected chi connectivity index (χ4v) is 2.75. The summed E-state index contributed by atoms with van der Waals surface area (Å²) in [5, 5.41) is 0. The molecule has 104 valence electrons. The highest BCUT2D eigenvalue weighted by atomic mass is 16.5. The van der Waals surface area contributed by atoms with Crippen molar-refractivity contribution >= 4 is 6.03 Å². The molecule has 2 amide bonds. The van der Waals surface area contributed by atoms with Crippen molar-refractivity contribution in [3.05, 3.63) is 0 Å². The Morgan fingerprint density at radius 1 is 1.00 bits per heavy atom. The zero-order valence-electron chi connectivity index (χ0n) is 11.6. The van der Waals surface area contributed by atoms with Crippen LogP contribution in [0.3, 0.4) is 0 Å². The van der Waals surface area contributed by atoms with E-state index in [4.69, 9.17) is 9.47 Å². The molecule has 0 radical (unpaired) electrons. The minimum Gasteiger partial charge on any atom is -0.377 e. The second-order valence-corrected chi connectivity index (χ2v) is 5.41. The van der Waals surface area contributed by atoms with Gasteiger partial charge in [0, 0.05) is 27.3 Å². The lowest BCUT2D eigenvalue weighted by molar-refractivity contribution is -0.00461. The molecular weight excluding hydrogens is 232 g/mol. The molecule has 2 heterocycles. The van der Waals surface area contributed by atoms with E-state index < -0.39 is 0 Å². The van der Waals surface area contributed by atoms with Gasteiger partial charge in [-0.3, -0.25) is 0 Å². The summed E-state index contributed by atoms with van der Waals surface area (Å²) >= 11 is 0. The highest BCUT2D eigenvalue weighted by Crippen LogP contribution is 2.21. The molecular formula is C13H24N2O3. The van der Waals surface area contributed by atoms with Crippen LogP contribution in [-0.4, -0.2) is 68.4 Å². The predicted molar refractivity (Wildman–Crippen MR) is 68.5 cm³/mol. The number of hydrogen-bond donors (Lipinski definition) is 0. The molecule has 0 aromatic heterocycles. The van der Waals surface area contributed by atoms with E-state index in [0.717, 1.165) is 31.8 Å². The third-order valence-corrected chi connectivity index (χ3v) is 4.15. The van der Waals surface area contributed by atoms with Gasteiger partial charge >= 0.3 is 6.03 Å². The molecule has 0 aliphatic carbocycles. The van der Waals surface area contributed by atoms with Gasteiger partial charge in [-0.05, 0) is 18.8 Å². The first-order chi connectivity index (χ1) is 8.65. The van der Waals surface area contributed by atoms with E-state index >= 15 is 0 Å². The average Bonchev–Trinajstić information content (AvgIpc) is 2.82. The Kier molecular flexibility index (Phi) is 4.45. The lowest BCUT2D eigenvalue weighted by Crippen LogP contribution is -2.46. The van der Waals surface area contributed by atoms with Gasteiger partial charge in [0.1, 0.15) is 12.2 Å². The maximum absolute atomic E-state index is 12.4. The van der Waals surface area contributed by atoms with Crippen LogP contribution in [0.2, 0.25) is 0 Å². The second-order valence-electron chi connectivity index (χ2n) is 5.41. The predicted octanol–water partition coefficient (Wildman–Crippen LogP) is 1.18. The van der Waals surface area contributed by atoms with Crippen molar-refractivity contribution in [3.63, 3.8) is 0 Å². The van der Waals surface area contributed by atoms with Crippen LogP contribution in [0.25, 0.3) is 0 Å². The molecule has 2 rings (SSSR count). The molecule has 2 aliphatic heterocycles. The number of methoxy groups -OCH3 is 2. The molecule has 0 spiro atoms. The van der Waals surface area contributed by atoms with E-state index in [2.05, 4.69) is 6.92 Å². The van der Waals surface area contributed by atoms with Crippen LogP contribution < -0.4 is 0 Å².